The topological polar surface area (TPSA) is 58.9 Å². The van der Waals surface area contributed by atoms with Gasteiger partial charge in [0, 0.05) is 5.41 Å². The molecule has 0 heterocycles. The van der Waals surface area contributed by atoms with Crippen molar-refractivity contribution in [2.24, 2.45) is 0 Å². The number of phenols is 2. The molecular weight excluding hydrogens is 472 g/mol. The van der Waals surface area contributed by atoms with Crippen molar-refractivity contribution in [3.05, 3.63) is 109 Å². The van der Waals surface area contributed by atoms with Gasteiger partial charge in [0.1, 0.15) is 11.5 Å². The largest absolute Gasteiger partial charge is 0.508 e. The number of hydrogen-bond donors (Lipinski definition) is 2. The van der Waals surface area contributed by atoms with Crippen molar-refractivity contribution in [2.45, 2.75) is 90.9 Å². The molecule has 1 fully saturated rings. The van der Waals surface area contributed by atoms with Gasteiger partial charge in [-0.25, -0.2) is 0 Å². The van der Waals surface area contributed by atoms with Crippen LogP contribution in [-0.2, 0) is 14.9 Å². The predicted molar refractivity (Wildman–Crippen MR) is 160 cm³/mol. The lowest BCUT2D eigenvalue weighted by Gasteiger charge is -2.36. The van der Waals surface area contributed by atoms with Crippen molar-refractivity contribution in [2.75, 3.05) is 0 Å². The number of hydrogen-bond acceptors (Lipinski definition) is 4. The Morgan fingerprint density at radius 1 is 0.500 bits per heavy atom. The van der Waals surface area contributed by atoms with E-state index in [0.717, 1.165) is 12.8 Å². The van der Waals surface area contributed by atoms with Crippen LogP contribution in [0.15, 0.2) is 97.9 Å². The summed E-state index contributed by atoms with van der Waals surface area (Å²) in [6.07, 6.45) is 25.2. The Labute approximate surface area is 231 Å². The Bertz CT molecular complexity index is 853. The molecule has 2 N–H and O–H groups in total. The quantitative estimate of drug-likeness (QED) is 0.372. The van der Waals surface area contributed by atoms with Crippen LogP contribution in [0.2, 0.25) is 0 Å². The highest BCUT2D eigenvalue weighted by Crippen LogP contribution is 2.43. The lowest BCUT2D eigenvalue weighted by molar-refractivity contribution is 0.376. The summed E-state index contributed by atoms with van der Waals surface area (Å²) >= 11 is 0. The first-order valence-electron chi connectivity index (χ1n) is 13.9. The zero-order valence-electron chi connectivity index (χ0n) is 23.8. The minimum atomic E-state index is -0.0151. The predicted octanol–water partition coefficient (Wildman–Crippen LogP) is 10.0. The highest BCUT2D eigenvalue weighted by atomic mass is 16.5. The molecule has 0 atom stereocenters. The van der Waals surface area contributed by atoms with Crippen LogP contribution in [0.5, 0.6) is 11.5 Å². The molecule has 0 aliphatic heterocycles. The Morgan fingerprint density at radius 3 is 1.08 bits per heavy atom. The summed E-state index contributed by atoms with van der Waals surface area (Å²) in [7, 11) is 0. The molecule has 2 aromatic rings. The minimum Gasteiger partial charge on any atom is -0.508 e. The van der Waals surface area contributed by atoms with Crippen molar-refractivity contribution in [1.29, 1.82) is 0 Å². The fourth-order valence-corrected chi connectivity index (χ4v) is 4.57. The number of aromatic hydroxyl groups is 2. The van der Waals surface area contributed by atoms with E-state index in [1.54, 1.807) is 49.3 Å². The molecule has 38 heavy (non-hydrogen) atoms. The first-order valence-corrected chi connectivity index (χ1v) is 13.9. The fraction of sp³-hybridized carbons (Fsp3) is 0.412. The minimum absolute atomic E-state index is 0.0151. The van der Waals surface area contributed by atoms with E-state index in [2.05, 4.69) is 24.3 Å². The fourth-order valence-electron chi connectivity index (χ4n) is 4.57. The van der Waals surface area contributed by atoms with Crippen LogP contribution in [0.4, 0.5) is 0 Å². The molecular formula is C34H48O4. The smallest absolute Gasteiger partial charge is 0.115 e. The summed E-state index contributed by atoms with van der Waals surface area (Å²) in [5.41, 5.74) is 2.55. The third kappa shape index (κ3) is 12.7. The Morgan fingerprint density at radius 2 is 0.789 bits per heavy atom. The monoisotopic (exact) mass is 520 g/mol. The Balaban J connectivity index is 0.000000426. The molecule has 0 aromatic heterocycles. The van der Waals surface area contributed by atoms with Gasteiger partial charge < -0.3 is 19.7 Å². The molecule has 1 saturated carbocycles. The van der Waals surface area contributed by atoms with Gasteiger partial charge in [0.25, 0.3) is 0 Å². The van der Waals surface area contributed by atoms with Gasteiger partial charge in [-0.3, -0.25) is 0 Å². The van der Waals surface area contributed by atoms with Crippen molar-refractivity contribution in [1.82, 2.24) is 0 Å². The van der Waals surface area contributed by atoms with Crippen LogP contribution in [0, 0.1) is 0 Å². The van der Waals surface area contributed by atoms with Crippen LogP contribution in [0.1, 0.15) is 96.6 Å². The maximum Gasteiger partial charge on any atom is 0.115 e. The van der Waals surface area contributed by atoms with E-state index >= 15 is 0 Å². The standard InChI is InChI=1S/C22H28O2.2C6H10O/c23-20-12-8-18(9-13-20)22(19-10-14-21(24)15-11-19)16-6-4-2-1-3-5-7-17-22;2*1-3-5-7-6-4-2/h8-15,23-24H,1-7,16-17H2;2*3-6H,1-2H3. The molecule has 0 unspecified atom stereocenters. The van der Waals surface area contributed by atoms with Gasteiger partial charge in [-0.05, 0) is 75.9 Å². The SMILES string of the molecule is CC=COC=CC.CC=COC=CC.Oc1ccc(C2(c3ccc(O)cc3)CCCCCCCCC2)cc1. The normalized spacial score (nSPS) is 16.0. The van der Waals surface area contributed by atoms with Crippen molar-refractivity contribution >= 4 is 0 Å². The molecule has 4 heteroatoms. The third-order valence-electron chi connectivity index (χ3n) is 6.41. The van der Waals surface area contributed by atoms with E-state index in [9.17, 15) is 10.2 Å². The molecule has 0 spiro atoms. The number of phenolic OH excluding ortho intramolecular Hbond substituents is 2. The summed E-state index contributed by atoms with van der Waals surface area (Å²) in [6, 6.07) is 15.5. The van der Waals surface area contributed by atoms with Gasteiger partial charge in [0.2, 0.25) is 0 Å². The molecule has 0 saturated heterocycles. The third-order valence-corrected chi connectivity index (χ3v) is 6.41. The molecule has 0 amide bonds. The zero-order chi connectivity index (χ0) is 27.9. The second-order valence-electron chi connectivity index (χ2n) is 9.30. The van der Waals surface area contributed by atoms with Crippen molar-refractivity contribution in [3.8, 4) is 11.5 Å². The lowest BCUT2D eigenvalue weighted by Crippen LogP contribution is -2.28. The Kier molecular flexibility index (Phi) is 17.7. The maximum absolute atomic E-state index is 9.70. The van der Waals surface area contributed by atoms with Crippen LogP contribution in [0.25, 0.3) is 0 Å². The van der Waals surface area contributed by atoms with Crippen molar-refractivity contribution in [3.63, 3.8) is 0 Å². The van der Waals surface area contributed by atoms with Crippen LogP contribution < -0.4 is 0 Å². The van der Waals surface area contributed by atoms with Gasteiger partial charge in [-0.1, -0.05) is 93.5 Å². The molecule has 3 rings (SSSR count). The van der Waals surface area contributed by atoms with E-state index in [4.69, 9.17) is 9.47 Å². The number of allylic oxidation sites excluding steroid dienone is 4. The van der Waals surface area contributed by atoms with Gasteiger partial charge in [0.15, 0.2) is 0 Å². The second-order valence-corrected chi connectivity index (χ2v) is 9.30. The molecule has 0 radical (unpaired) electrons. The Hall–Kier alpha value is -3.40. The average molecular weight is 521 g/mol. The van der Waals surface area contributed by atoms with Gasteiger partial charge >= 0.3 is 0 Å². The molecule has 0 bridgehead atoms. The summed E-state index contributed by atoms with van der Waals surface area (Å²) in [5, 5.41) is 19.4. The van der Waals surface area contributed by atoms with E-state index in [1.807, 2.05) is 52.0 Å². The van der Waals surface area contributed by atoms with Crippen LogP contribution in [0.3, 0.4) is 0 Å². The molecule has 4 nitrogen and oxygen atoms in total. The average Bonchev–Trinajstić information content (AvgIpc) is 2.94. The number of benzene rings is 2. The summed E-state index contributed by atoms with van der Waals surface area (Å²) < 4.78 is 9.54. The van der Waals surface area contributed by atoms with E-state index < -0.39 is 0 Å². The summed E-state index contributed by atoms with van der Waals surface area (Å²) in [6.45, 7) is 7.62. The van der Waals surface area contributed by atoms with E-state index in [-0.39, 0.29) is 5.41 Å². The van der Waals surface area contributed by atoms with Gasteiger partial charge in [-0.15, -0.1) is 0 Å². The second kappa shape index (κ2) is 20.6. The van der Waals surface area contributed by atoms with E-state index in [0.29, 0.717) is 11.5 Å². The number of ether oxygens (including phenoxy) is 2. The first kappa shape index (κ1) is 32.6. The highest BCUT2D eigenvalue weighted by Gasteiger charge is 2.33. The molecule has 1 aliphatic carbocycles. The first-order chi connectivity index (χ1) is 18.5. The highest BCUT2D eigenvalue weighted by molar-refractivity contribution is 5.43. The van der Waals surface area contributed by atoms with Crippen LogP contribution >= 0.6 is 0 Å². The maximum atomic E-state index is 9.70. The summed E-state index contributed by atoms with van der Waals surface area (Å²) in [4.78, 5) is 0. The van der Waals surface area contributed by atoms with Crippen molar-refractivity contribution < 1.29 is 19.7 Å². The lowest BCUT2D eigenvalue weighted by atomic mass is 9.67. The van der Waals surface area contributed by atoms with E-state index in [1.165, 1.54) is 56.1 Å². The molecule has 1 aliphatic rings. The van der Waals surface area contributed by atoms with Crippen LogP contribution in [-0.4, -0.2) is 10.2 Å². The van der Waals surface area contributed by atoms with Gasteiger partial charge in [0.05, 0.1) is 25.0 Å². The molecule has 208 valence electrons. The number of rotatable bonds is 6. The van der Waals surface area contributed by atoms with Gasteiger partial charge in [-0.2, -0.15) is 0 Å². The summed E-state index contributed by atoms with van der Waals surface area (Å²) in [5.74, 6) is 0.638. The zero-order valence-corrected chi connectivity index (χ0v) is 23.8. The molecule has 2 aromatic carbocycles.